The summed E-state index contributed by atoms with van der Waals surface area (Å²) in [6.07, 6.45) is 2.33. The third-order valence-corrected chi connectivity index (χ3v) is 8.89. The van der Waals surface area contributed by atoms with Gasteiger partial charge in [0.2, 0.25) is 15.9 Å². The highest BCUT2D eigenvalue weighted by Gasteiger charge is 2.65. The number of ketones is 1. The van der Waals surface area contributed by atoms with E-state index in [0.717, 1.165) is 10.7 Å². The zero-order valence-electron chi connectivity index (χ0n) is 18.1. The molecule has 168 valence electrons. The second kappa shape index (κ2) is 8.39. The summed E-state index contributed by atoms with van der Waals surface area (Å²) in [5.74, 6) is 0.254. The van der Waals surface area contributed by atoms with E-state index in [1.165, 1.54) is 7.11 Å². The molecule has 2 aliphatic carbocycles. The number of methoxy groups -OCH3 is 1. The van der Waals surface area contributed by atoms with Crippen LogP contribution < -0.4 is 5.32 Å². The number of hydrogen-bond donors (Lipinski definition) is 1. The molecular formula is C20H31N3O6S. The van der Waals surface area contributed by atoms with Gasteiger partial charge in [-0.05, 0) is 37.5 Å². The van der Waals surface area contributed by atoms with Gasteiger partial charge in [-0.25, -0.2) is 8.42 Å². The van der Waals surface area contributed by atoms with Gasteiger partial charge in [-0.15, -0.1) is 0 Å². The number of rotatable bonds is 10. The quantitative estimate of drug-likeness (QED) is 0.552. The summed E-state index contributed by atoms with van der Waals surface area (Å²) in [5.41, 5.74) is -1.24. The molecule has 1 N–H and O–H groups in total. The summed E-state index contributed by atoms with van der Waals surface area (Å²) in [7, 11) is -2.33. The van der Waals surface area contributed by atoms with Crippen molar-refractivity contribution in [3.05, 3.63) is 11.8 Å². The average Bonchev–Trinajstić information content (AvgIpc) is 3.21. The Labute approximate surface area is 177 Å². The van der Waals surface area contributed by atoms with Crippen molar-refractivity contribution in [3.63, 3.8) is 0 Å². The number of carbonyl (C=O) groups is 2. The zero-order valence-corrected chi connectivity index (χ0v) is 18.9. The first-order valence-corrected chi connectivity index (χ1v) is 11.9. The van der Waals surface area contributed by atoms with Crippen LogP contribution in [0.2, 0.25) is 0 Å². The monoisotopic (exact) mass is 441 g/mol. The van der Waals surface area contributed by atoms with Crippen LogP contribution in [-0.2, 0) is 24.3 Å². The van der Waals surface area contributed by atoms with Gasteiger partial charge in [0.1, 0.15) is 11.5 Å². The minimum Gasteiger partial charge on any atom is -0.385 e. The van der Waals surface area contributed by atoms with Crippen LogP contribution in [0.4, 0.5) is 5.82 Å². The number of aromatic nitrogens is 1. The van der Waals surface area contributed by atoms with Gasteiger partial charge in [-0.2, -0.15) is 4.31 Å². The minimum absolute atomic E-state index is 0.0340. The molecule has 3 rings (SSSR count). The highest BCUT2D eigenvalue weighted by molar-refractivity contribution is 7.89. The normalized spacial score (nSPS) is 25.2. The van der Waals surface area contributed by atoms with E-state index in [9.17, 15) is 18.0 Å². The molecule has 0 aromatic carbocycles. The Bertz CT molecular complexity index is 909. The molecule has 2 atom stereocenters. The van der Waals surface area contributed by atoms with E-state index in [2.05, 4.69) is 10.5 Å². The number of amides is 1. The Balaban J connectivity index is 1.77. The van der Waals surface area contributed by atoms with Crippen LogP contribution in [-0.4, -0.2) is 62.1 Å². The lowest BCUT2D eigenvalue weighted by Crippen LogP contribution is -2.48. The number of ether oxygens (including phenoxy) is 1. The van der Waals surface area contributed by atoms with Gasteiger partial charge in [-0.1, -0.05) is 19.0 Å². The molecule has 2 bridgehead atoms. The molecule has 30 heavy (non-hydrogen) atoms. The predicted octanol–water partition coefficient (Wildman–Crippen LogP) is 1.99. The highest BCUT2D eigenvalue weighted by Crippen LogP contribution is 2.64. The molecule has 2 fully saturated rings. The van der Waals surface area contributed by atoms with E-state index >= 15 is 0 Å². The smallest absolute Gasteiger partial charge is 0.240 e. The number of fused-ring (bicyclic) bond motifs is 2. The van der Waals surface area contributed by atoms with Gasteiger partial charge in [0.05, 0.1) is 12.3 Å². The van der Waals surface area contributed by atoms with Crippen LogP contribution in [0, 0.1) is 23.7 Å². The number of nitrogens with zero attached hydrogens (tertiary/aromatic N) is 2. The third kappa shape index (κ3) is 4.17. The molecule has 2 saturated carbocycles. The fraction of sp³-hybridized carbons (Fsp3) is 0.750. The molecule has 2 aliphatic rings. The summed E-state index contributed by atoms with van der Waals surface area (Å²) >= 11 is 0. The van der Waals surface area contributed by atoms with Gasteiger partial charge in [0.15, 0.2) is 5.82 Å². The highest BCUT2D eigenvalue weighted by atomic mass is 32.2. The van der Waals surface area contributed by atoms with Crippen molar-refractivity contribution in [3.8, 4) is 0 Å². The summed E-state index contributed by atoms with van der Waals surface area (Å²) in [5, 5.41) is 6.26. The summed E-state index contributed by atoms with van der Waals surface area (Å²) < 4.78 is 37.9. The van der Waals surface area contributed by atoms with E-state index in [-0.39, 0.29) is 41.8 Å². The van der Waals surface area contributed by atoms with Crippen LogP contribution in [0.3, 0.4) is 0 Å². The molecule has 10 heteroatoms. The first-order valence-electron chi connectivity index (χ1n) is 10.2. The molecule has 1 heterocycles. The molecule has 0 aliphatic heterocycles. The molecule has 0 saturated heterocycles. The standard InChI is InChI=1S/C20H31N3O6S/c1-14-10-17(22-29-14)21-18(25)12-23(8-5-9-28-4)30(26,27)13-20-7-6-15(11-16(20)24)19(20,2)3/h10,15H,5-9,11-13H2,1-4H3,(H,21,22,25). The fourth-order valence-electron chi connectivity index (χ4n) is 4.98. The molecule has 0 radical (unpaired) electrons. The second-order valence-electron chi connectivity index (χ2n) is 8.97. The molecule has 2 unspecified atom stereocenters. The number of Topliss-reactive ketones (excluding diaryl/α,β-unsaturated/α-hetero) is 1. The lowest BCUT2D eigenvalue weighted by atomic mass is 9.70. The molecule has 1 aromatic heterocycles. The van der Waals surface area contributed by atoms with Crippen molar-refractivity contribution in [2.45, 2.75) is 46.5 Å². The van der Waals surface area contributed by atoms with Crippen LogP contribution in [0.25, 0.3) is 0 Å². The third-order valence-electron chi connectivity index (χ3n) is 6.93. The maximum Gasteiger partial charge on any atom is 0.240 e. The first-order chi connectivity index (χ1) is 14.0. The van der Waals surface area contributed by atoms with E-state index in [1.54, 1.807) is 13.0 Å². The number of hydrogen-bond acceptors (Lipinski definition) is 7. The Morgan fingerprint density at radius 3 is 2.70 bits per heavy atom. The van der Waals surface area contributed by atoms with E-state index < -0.39 is 21.3 Å². The number of sulfonamides is 1. The Morgan fingerprint density at radius 1 is 1.43 bits per heavy atom. The van der Waals surface area contributed by atoms with Crippen molar-refractivity contribution < 1.29 is 27.3 Å². The minimum atomic E-state index is -3.86. The Kier molecular flexibility index (Phi) is 6.41. The number of aryl methyl sites for hydroxylation is 1. The Hall–Kier alpha value is -1.78. The first kappa shape index (κ1) is 22.9. The van der Waals surface area contributed by atoms with Gasteiger partial charge < -0.3 is 14.6 Å². The summed E-state index contributed by atoms with van der Waals surface area (Å²) in [6.45, 7) is 5.84. The summed E-state index contributed by atoms with van der Waals surface area (Å²) in [4.78, 5) is 25.3. The van der Waals surface area contributed by atoms with Gasteiger partial charge >= 0.3 is 0 Å². The van der Waals surface area contributed by atoms with E-state index in [0.29, 0.717) is 31.6 Å². The van der Waals surface area contributed by atoms with E-state index in [1.807, 2.05) is 13.8 Å². The van der Waals surface area contributed by atoms with Crippen molar-refractivity contribution in [2.75, 3.05) is 37.9 Å². The summed E-state index contributed by atoms with van der Waals surface area (Å²) in [6, 6.07) is 1.55. The van der Waals surface area contributed by atoms with Crippen LogP contribution >= 0.6 is 0 Å². The van der Waals surface area contributed by atoms with Gasteiger partial charge in [0, 0.05) is 38.2 Å². The SMILES string of the molecule is COCCCN(CC(=O)Nc1cc(C)on1)S(=O)(=O)CC12CCC(CC1=O)C2(C)C. The van der Waals surface area contributed by atoms with Crippen molar-refractivity contribution in [2.24, 2.45) is 16.7 Å². The van der Waals surface area contributed by atoms with Crippen LogP contribution in [0.5, 0.6) is 0 Å². The number of nitrogens with one attached hydrogen (secondary N) is 1. The Morgan fingerprint density at radius 2 is 2.17 bits per heavy atom. The maximum absolute atomic E-state index is 13.4. The van der Waals surface area contributed by atoms with Crippen molar-refractivity contribution in [1.29, 1.82) is 0 Å². The molecule has 1 aromatic rings. The lowest BCUT2D eigenvalue weighted by molar-refractivity contribution is -0.128. The average molecular weight is 442 g/mol. The zero-order chi connectivity index (χ0) is 22.2. The molecular weight excluding hydrogens is 410 g/mol. The molecule has 9 nitrogen and oxygen atoms in total. The number of anilines is 1. The van der Waals surface area contributed by atoms with Crippen molar-refractivity contribution >= 4 is 27.5 Å². The van der Waals surface area contributed by atoms with Gasteiger partial charge in [-0.3, -0.25) is 9.59 Å². The molecule has 1 amide bonds. The van der Waals surface area contributed by atoms with Crippen LogP contribution in [0.15, 0.2) is 10.6 Å². The largest absolute Gasteiger partial charge is 0.385 e. The van der Waals surface area contributed by atoms with E-state index in [4.69, 9.17) is 9.26 Å². The number of carbonyl (C=O) groups excluding carboxylic acids is 2. The van der Waals surface area contributed by atoms with Crippen molar-refractivity contribution in [1.82, 2.24) is 9.46 Å². The molecule has 0 spiro atoms. The van der Waals surface area contributed by atoms with Crippen LogP contribution in [0.1, 0.15) is 45.3 Å². The van der Waals surface area contributed by atoms with Gasteiger partial charge in [0.25, 0.3) is 0 Å². The topological polar surface area (TPSA) is 119 Å². The lowest BCUT2D eigenvalue weighted by Gasteiger charge is -2.37. The predicted molar refractivity (Wildman–Crippen MR) is 110 cm³/mol. The fourth-order valence-corrected chi connectivity index (χ4v) is 7.18. The maximum atomic E-state index is 13.4. The second-order valence-corrected chi connectivity index (χ2v) is 10.9.